The number of amides is 1. The Morgan fingerprint density at radius 2 is 2.04 bits per heavy atom. The molecule has 118 valence electrons. The molecule has 0 saturated carbocycles. The first kappa shape index (κ1) is 15.4. The van der Waals surface area contributed by atoms with Crippen LogP contribution in [-0.4, -0.2) is 22.5 Å². The lowest BCUT2D eigenvalue weighted by Crippen LogP contribution is -2.11. The van der Waals surface area contributed by atoms with Gasteiger partial charge in [0, 0.05) is 5.69 Å². The fourth-order valence-corrected chi connectivity index (χ4v) is 3.26. The molecule has 3 rings (SSSR count). The van der Waals surface area contributed by atoms with Crippen LogP contribution in [0.4, 0.5) is 10.1 Å². The Hall–Kier alpha value is -2.54. The van der Waals surface area contributed by atoms with Gasteiger partial charge >= 0.3 is 0 Å². The van der Waals surface area contributed by atoms with Gasteiger partial charge in [-0.2, -0.15) is 0 Å². The second-order valence-corrected chi connectivity index (χ2v) is 5.81. The summed E-state index contributed by atoms with van der Waals surface area (Å²) in [6.45, 7) is 4.20. The maximum atomic E-state index is 12.9. The molecular weight excluding hydrogens is 317 g/mol. The number of rotatable bonds is 4. The van der Waals surface area contributed by atoms with Crippen LogP contribution in [0, 0.1) is 12.7 Å². The number of nitrogens with zero attached hydrogens (tertiary/aromatic N) is 2. The lowest BCUT2D eigenvalue weighted by molar-refractivity contribution is 0.103. The quantitative estimate of drug-likeness (QED) is 0.790. The predicted molar refractivity (Wildman–Crippen MR) is 87.7 cm³/mol. The largest absolute Gasteiger partial charge is 0.477 e. The van der Waals surface area contributed by atoms with Crippen molar-refractivity contribution in [2.75, 3.05) is 11.9 Å². The molecule has 0 unspecified atom stereocenters. The van der Waals surface area contributed by atoms with Crippen LogP contribution in [0.2, 0.25) is 0 Å². The molecule has 2 aromatic heterocycles. The third-order valence-electron chi connectivity index (χ3n) is 3.28. The first-order valence-corrected chi connectivity index (χ1v) is 7.85. The number of hydrogen-bond donors (Lipinski definition) is 1. The van der Waals surface area contributed by atoms with E-state index in [1.54, 1.807) is 0 Å². The standard InChI is InChI=1S/C16H14FN3O2S/c1-3-22-15-12-9(2)13(23-16(12)19-8-18-15)14(21)20-11-6-4-10(17)5-7-11/h4-8H,3H2,1-2H3,(H,20,21). The number of ether oxygens (including phenoxy) is 1. The van der Waals surface area contributed by atoms with Gasteiger partial charge in [0.1, 0.15) is 17.0 Å². The van der Waals surface area contributed by atoms with Crippen molar-refractivity contribution < 1.29 is 13.9 Å². The second kappa shape index (κ2) is 6.29. The lowest BCUT2D eigenvalue weighted by atomic mass is 10.2. The van der Waals surface area contributed by atoms with Crippen molar-refractivity contribution >= 4 is 33.1 Å². The van der Waals surface area contributed by atoms with Crippen molar-refractivity contribution in [2.24, 2.45) is 0 Å². The van der Waals surface area contributed by atoms with Crippen LogP contribution in [0.5, 0.6) is 5.88 Å². The molecule has 5 nitrogen and oxygen atoms in total. The number of aryl methyl sites for hydroxylation is 1. The van der Waals surface area contributed by atoms with Crippen molar-refractivity contribution in [2.45, 2.75) is 13.8 Å². The molecule has 0 aliphatic carbocycles. The van der Waals surface area contributed by atoms with Gasteiger partial charge in [-0.15, -0.1) is 11.3 Å². The fourth-order valence-electron chi connectivity index (χ4n) is 2.22. The van der Waals surface area contributed by atoms with Crippen LogP contribution in [-0.2, 0) is 0 Å². The van der Waals surface area contributed by atoms with Gasteiger partial charge in [0.25, 0.3) is 5.91 Å². The topological polar surface area (TPSA) is 64.1 Å². The highest BCUT2D eigenvalue weighted by Gasteiger charge is 2.20. The molecule has 0 bridgehead atoms. The van der Waals surface area contributed by atoms with Gasteiger partial charge < -0.3 is 10.1 Å². The molecule has 1 N–H and O–H groups in total. The van der Waals surface area contributed by atoms with Crippen molar-refractivity contribution in [1.29, 1.82) is 0 Å². The number of anilines is 1. The zero-order valence-electron chi connectivity index (χ0n) is 12.6. The Morgan fingerprint density at radius 3 is 2.74 bits per heavy atom. The van der Waals surface area contributed by atoms with E-state index in [9.17, 15) is 9.18 Å². The van der Waals surface area contributed by atoms with Gasteiger partial charge in [-0.3, -0.25) is 4.79 Å². The van der Waals surface area contributed by atoms with E-state index in [4.69, 9.17) is 4.74 Å². The zero-order valence-corrected chi connectivity index (χ0v) is 13.4. The summed E-state index contributed by atoms with van der Waals surface area (Å²) in [6.07, 6.45) is 1.42. The van der Waals surface area contributed by atoms with E-state index in [2.05, 4.69) is 15.3 Å². The number of benzene rings is 1. The Labute approximate surface area is 136 Å². The van der Waals surface area contributed by atoms with Crippen LogP contribution in [0.3, 0.4) is 0 Å². The molecule has 1 aromatic carbocycles. The maximum Gasteiger partial charge on any atom is 0.266 e. The number of nitrogens with one attached hydrogen (secondary N) is 1. The Balaban J connectivity index is 1.96. The minimum atomic E-state index is -0.349. The van der Waals surface area contributed by atoms with Crippen LogP contribution >= 0.6 is 11.3 Å². The smallest absolute Gasteiger partial charge is 0.266 e. The SMILES string of the molecule is CCOc1ncnc2sc(C(=O)Nc3ccc(F)cc3)c(C)c12. The number of hydrogen-bond acceptors (Lipinski definition) is 5. The summed E-state index contributed by atoms with van der Waals surface area (Å²) in [7, 11) is 0. The van der Waals surface area contributed by atoms with E-state index in [1.807, 2.05) is 13.8 Å². The number of carbonyl (C=O) groups excluding carboxylic acids is 1. The van der Waals surface area contributed by atoms with Crippen molar-refractivity contribution in [1.82, 2.24) is 9.97 Å². The number of aromatic nitrogens is 2. The predicted octanol–water partition coefficient (Wildman–Crippen LogP) is 3.79. The summed E-state index contributed by atoms with van der Waals surface area (Å²) in [5, 5.41) is 3.51. The third kappa shape index (κ3) is 3.00. The van der Waals surface area contributed by atoms with E-state index < -0.39 is 0 Å². The van der Waals surface area contributed by atoms with Crippen molar-refractivity contribution in [3.8, 4) is 5.88 Å². The molecule has 0 spiro atoms. The van der Waals surface area contributed by atoms with E-state index >= 15 is 0 Å². The number of carbonyl (C=O) groups is 1. The monoisotopic (exact) mass is 331 g/mol. The molecule has 23 heavy (non-hydrogen) atoms. The first-order chi connectivity index (χ1) is 11.1. The molecule has 0 saturated heterocycles. The van der Waals surface area contributed by atoms with Crippen LogP contribution in [0.15, 0.2) is 30.6 Å². The molecule has 0 fully saturated rings. The van der Waals surface area contributed by atoms with Crippen molar-refractivity contribution in [3.63, 3.8) is 0 Å². The molecule has 3 aromatic rings. The van der Waals surface area contributed by atoms with Crippen molar-refractivity contribution in [3.05, 3.63) is 46.9 Å². The summed E-state index contributed by atoms with van der Waals surface area (Å²) in [6, 6.07) is 5.63. The van der Waals surface area contributed by atoms with Gasteiger partial charge in [0.15, 0.2) is 0 Å². The summed E-state index contributed by atoms with van der Waals surface area (Å²) in [5.74, 6) is -0.135. The summed E-state index contributed by atoms with van der Waals surface area (Å²) >= 11 is 1.28. The van der Waals surface area contributed by atoms with Gasteiger partial charge in [-0.1, -0.05) is 0 Å². The maximum absolute atomic E-state index is 12.9. The molecule has 0 aliphatic rings. The minimum Gasteiger partial charge on any atom is -0.477 e. The number of halogens is 1. The number of fused-ring (bicyclic) bond motifs is 1. The molecule has 7 heteroatoms. The zero-order chi connectivity index (χ0) is 16.4. The van der Waals surface area contributed by atoms with Crippen LogP contribution in [0.25, 0.3) is 10.2 Å². The average Bonchev–Trinajstić information content (AvgIpc) is 2.88. The highest BCUT2D eigenvalue weighted by Crippen LogP contribution is 2.34. The van der Waals surface area contributed by atoms with E-state index in [1.165, 1.54) is 41.9 Å². The molecular formula is C16H14FN3O2S. The Kier molecular flexibility index (Phi) is 4.20. The minimum absolute atomic E-state index is 0.264. The average molecular weight is 331 g/mol. The van der Waals surface area contributed by atoms with Crippen LogP contribution < -0.4 is 10.1 Å². The highest BCUT2D eigenvalue weighted by atomic mass is 32.1. The number of thiophene rings is 1. The van der Waals surface area contributed by atoms with Gasteiger partial charge in [0.2, 0.25) is 5.88 Å². The Morgan fingerprint density at radius 1 is 1.30 bits per heavy atom. The van der Waals surface area contributed by atoms with E-state index in [0.29, 0.717) is 27.9 Å². The summed E-state index contributed by atoms with van der Waals surface area (Å²) < 4.78 is 18.4. The summed E-state index contributed by atoms with van der Waals surface area (Å²) in [4.78, 5) is 22.0. The van der Waals surface area contributed by atoms with E-state index in [-0.39, 0.29) is 11.7 Å². The highest BCUT2D eigenvalue weighted by molar-refractivity contribution is 7.20. The lowest BCUT2D eigenvalue weighted by Gasteiger charge is -2.05. The normalized spacial score (nSPS) is 10.7. The molecule has 1 amide bonds. The first-order valence-electron chi connectivity index (χ1n) is 7.04. The second-order valence-electron chi connectivity index (χ2n) is 4.81. The molecule has 0 atom stereocenters. The Bertz CT molecular complexity index is 862. The van der Waals surface area contributed by atoms with Gasteiger partial charge in [-0.25, -0.2) is 14.4 Å². The molecule has 0 radical (unpaired) electrons. The third-order valence-corrected chi connectivity index (χ3v) is 4.48. The van der Waals surface area contributed by atoms with Crippen LogP contribution in [0.1, 0.15) is 22.2 Å². The van der Waals surface area contributed by atoms with Gasteiger partial charge in [0.05, 0.1) is 16.9 Å². The molecule has 0 aliphatic heterocycles. The summed E-state index contributed by atoms with van der Waals surface area (Å²) in [5.41, 5.74) is 1.30. The van der Waals surface area contributed by atoms with Gasteiger partial charge in [-0.05, 0) is 43.7 Å². The molecule has 2 heterocycles. The van der Waals surface area contributed by atoms with E-state index in [0.717, 1.165) is 10.9 Å². The fraction of sp³-hybridized carbons (Fsp3) is 0.188.